The van der Waals surface area contributed by atoms with Crippen LogP contribution in [0.2, 0.25) is 0 Å². The van der Waals surface area contributed by atoms with E-state index in [1.807, 2.05) is 50.2 Å². The molecule has 4 nitrogen and oxygen atoms in total. The Kier molecular flexibility index (Phi) is 3.44. The number of pyridine rings is 1. The maximum absolute atomic E-state index is 12.0. The Labute approximate surface area is 122 Å². The van der Waals surface area contributed by atoms with Gasteiger partial charge in [0.25, 0.3) is 5.56 Å². The number of fused-ring (bicyclic) bond motifs is 1. The summed E-state index contributed by atoms with van der Waals surface area (Å²) in [7, 11) is 0. The smallest absolute Gasteiger partial charge is 0.258 e. The Morgan fingerprint density at radius 1 is 1.05 bits per heavy atom. The first-order chi connectivity index (χ1) is 10.1. The Morgan fingerprint density at radius 3 is 2.57 bits per heavy atom. The highest BCUT2D eigenvalue weighted by Crippen LogP contribution is 2.13. The van der Waals surface area contributed by atoms with E-state index >= 15 is 0 Å². The molecule has 0 unspecified atom stereocenters. The molecule has 0 atom stereocenters. The maximum atomic E-state index is 12.0. The van der Waals surface area contributed by atoms with Crippen LogP contribution in [0.3, 0.4) is 0 Å². The zero-order chi connectivity index (χ0) is 14.8. The molecular weight excluding hydrogens is 264 g/mol. The molecule has 1 aromatic carbocycles. The summed E-state index contributed by atoms with van der Waals surface area (Å²) >= 11 is 0. The van der Waals surface area contributed by atoms with Crippen molar-refractivity contribution in [3.8, 4) is 5.75 Å². The van der Waals surface area contributed by atoms with Gasteiger partial charge in [0.1, 0.15) is 18.0 Å². The third kappa shape index (κ3) is 2.94. The van der Waals surface area contributed by atoms with Crippen molar-refractivity contribution in [1.29, 1.82) is 0 Å². The van der Waals surface area contributed by atoms with Crippen LogP contribution >= 0.6 is 0 Å². The molecule has 2 heterocycles. The molecule has 0 aliphatic heterocycles. The largest absolute Gasteiger partial charge is 0.487 e. The van der Waals surface area contributed by atoms with Gasteiger partial charge in [0.05, 0.1) is 5.69 Å². The van der Waals surface area contributed by atoms with E-state index < -0.39 is 0 Å². The van der Waals surface area contributed by atoms with Gasteiger partial charge in [-0.15, -0.1) is 0 Å². The van der Waals surface area contributed by atoms with Gasteiger partial charge < -0.3 is 4.74 Å². The first-order valence-electron chi connectivity index (χ1n) is 6.80. The first-order valence-corrected chi connectivity index (χ1v) is 6.80. The summed E-state index contributed by atoms with van der Waals surface area (Å²) in [4.78, 5) is 16.5. The van der Waals surface area contributed by atoms with Crippen LogP contribution in [0.5, 0.6) is 5.75 Å². The van der Waals surface area contributed by atoms with Gasteiger partial charge in [0, 0.05) is 12.3 Å². The molecule has 0 aliphatic rings. The average Bonchev–Trinajstić information content (AvgIpc) is 2.46. The molecule has 0 spiro atoms. The van der Waals surface area contributed by atoms with Crippen molar-refractivity contribution in [1.82, 2.24) is 9.38 Å². The number of hydrogen-bond acceptors (Lipinski definition) is 3. The predicted octanol–water partition coefficient (Wildman–Crippen LogP) is 2.89. The number of rotatable bonds is 3. The Bertz CT molecular complexity index is 836. The Morgan fingerprint density at radius 2 is 1.81 bits per heavy atom. The molecule has 0 aliphatic carbocycles. The fourth-order valence-corrected chi connectivity index (χ4v) is 2.12. The van der Waals surface area contributed by atoms with Crippen LogP contribution in [0.1, 0.15) is 16.8 Å². The van der Waals surface area contributed by atoms with Gasteiger partial charge in [-0.05, 0) is 43.7 Å². The maximum Gasteiger partial charge on any atom is 0.258 e. The van der Waals surface area contributed by atoms with Crippen LogP contribution < -0.4 is 10.3 Å². The van der Waals surface area contributed by atoms with Gasteiger partial charge in [-0.2, -0.15) is 0 Å². The number of aryl methyl sites for hydroxylation is 2. The van der Waals surface area contributed by atoms with Crippen molar-refractivity contribution < 1.29 is 4.74 Å². The normalized spacial score (nSPS) is 10.8. The highest BCUT2D eigenvalue weighted by molar-refractivity contribution is 5.41. The van der Waals surface area contributed by atoms with E-state index in [2.05, 4.69) is 4.98 Å². The lowest BCUT2D eigenvalue weighted by atomic mass is 10.2. The first kappa shape index (κ1) is 13.4. The lowest BCUT2D eigenvalue weighted by Crippen LogP contribution is -2.16. The van der Waals surface area contributed by atoms with Crippen molar-refractivity contribution in [2.75, 3.05) is 0 Å². The topological polar surface area (TPSA) is 43.6 Å². The molecule has 3 aromatic rings. The summed E-state index contributed by atoms with van der Waals surface area (Å²) in [6.07, 6.45) is 1.74. The summed E-state index contributed by atoms with van der Waals surface area (Å²) in [5.74, 6) is 0.770. The predicted molar refractivity (Wildman–Crippen MR) is 81.7 cm³/mol. The van der Waals surface area contributed by atoms with E-state index in [0.717, 1.165) is 11.3 Å². The van der Waals surface area contributed by atoms with E-state index in [4.69, 9.17) is 4.74 Å². The molecule has 4 heteroatoms. The summed E-state index contributed by atoms with van der Waals surface area (Å²) in [6.45, 7) is 4.28. The highest BCUT2D eigenvalue weighted by Gasteiger charge is 2.03. The molecule has 0 bridgehead atoms. The number of hydrogen-bond donors (Lipinski definition) is 0. The van der Waals surface area contributed by atoms with Crippen LogP contribution in [-0.4, -0.2) is 9.38 Å². The fraction of sp³-hybridized carbons (Fsp3) is 0.176. The molecule has 0 N–H and O–H groups in total. The van der Waals surface area contributed by atoms with Crippen molar-refractivity contribution in [3.63, 3.8) is 0 Å². The fourth-order valence-electron chi connectivity index (χ4n) is 2.12. The second kappa shape index (κ2) is 5.40. The Hall–Kier alpha value is -2.62. The molecule has 21 heavy (non-hydrogen) atoms. The lowest BCUT2D eigenvalue weighted by molar-refractivity contribution is 0.301. The Balaban J connectivity index is 1.87. The minimum Gasteiger partial charge on any atom is -0.487 e. The number of aromatic nitrogens is 2. The summed E-state index contributed by atoms with van der Waals surface area (Å²) in [6, 6.07) is 13.1. The summed E-state index contributed by atoms with van der Waals surface area (Å²) < 4.78 is 7.20. The van der Waals surface area contributed by atoms with Gasteiger partial charge in [-0.3, -0.25) is 9.20 Å². The molecule has 0 saturated carbocycles. The van der Waals surface area contributed by atoms with Crippen molar-refractivity contribution in [2.45, 2.75) is 20.5 Å². The molecule has 0 radical (unpaired) electrons. The van der Waals surface area contributed by atoms with E-state index in [0.29, 0.717) is 11.3 Å². The van der Waals surface area contributed by atoms with Crippen LogP contribution in [0.25, 0.3) is 5.65 Å². The van der Waals surface area contributed by atoms with E-state index in [9.17, 15) is 4.79 Å². The molecule has 106 valence electrons. The van der Waals surface area contributed by atoms with Crippen LogP contribution in [0, 0.1) is 13.8 Å². The van der Waals surface area contributed by atoms with E-state index in [-0.39, 0.29) is 12.2 Å². The molecular formula is C17H16N2O2. The van der Waals surface area contributed by atoms with Crippen molar-refractivity contribution in [2.24, 2.45) is 0 Å². The van der Waals surface area contributed by atoms with Gasteiger partial charge in [-0.1, -0.05) is 17.7 Å². The summed E-state index contributed by atoms with van der Waals surface area (Å²) in [5, 5.41) is 0. The molecule has 0 amide bonds. The van der Waals surface area contributed by atoms with E-state index in [1.165, 1.54) is 16.0 Å². The third-order valence-electron chi connectivity index (χ3n) is 3.28. The van der Waals surface area contributed by atoms with Crippen molar-refractivity contribution >= 4 is 5.65 Å². The SMILES string of the molecule is Cc1ccc(OCc2cc(=O)n3ccc(C)cc3n2)cc1. The molecule has 3 rings (SSSR count). The number of benzene rings is 1. The number of nitrogens with zero attached hydrogens (tertiary/aromatic N) is 2. The van der Waals surface area contributed by atoms with Gasteiger partial charge in [0.15, 0.2) is 0 Å². The van der Waals surface area contributed by atoms with Gasteiger partial charge >= 0.3 is 0 Å². The quantitative estimate of drug-likeness (QED) is 0.741. The summed E-state index contributed by atoms with van der Waals surface area (Å²) in [5.41, 5.74) is 3.43. The zero-order valence-electron chi connectivity index (χ0n) is 12.0. The minimum absolute atomic E-state index is 0.0949. The standard InChI is InChI=1S/C17H16N2O2/c1-12-3-5-15(6-4-12)21-11-14-10-17(20)19-8-7-13(2)9-16(19)18-14/h3-10H,11H2,1-2H3. The van der Waals surface area contributed by atoms with Gasteiger partial charge in [-0.25, -0.2) is 4.98 Å². The minimum atomic E-state index is -0.0949. The van der Waals surface area contributed by atoms with E-state index in [1.54, 1.807) is 6.20 Å². The molecule has 2 aromatic heterocycles. The van der Waals surface area contributed by atoms with Crippen molar-refractivity contribution in [3.05, 3.63) is 75.8 Å². The monoisotopic (exact) mass is 280 g/mol. The zero-order valence-corrected chi connectivity index (χ0v) is 12.0. The second-order valence-electron chi connectivity index (χ2n) is 5.12. The second-order valence-corrected chi connectivity index (χ2v) is 5.12. The highest BCUT2D eigenvalue weighted by atomic mass is 16.5. The van der Waals surface area contributed by atoms with Gasteiger partial charge in [0.2, 0.25) is 0 Å². The third-order valence-corrected chi connectivity index (χ3v) is 3.28. The average molecular weight is 280 g/mol. The molecule has 0 fully saturated rings. The van der Waals surface area contributed by atoms with Crippen LogP contribution in [0.4, 0.5) is 0 Å². The number of ether oxygens (including phenoxy) is 1. The van der Waals surface area contributed by atoms with Crippen LogP contribution in [0.15, 0.2) is 53.5 Å². The lowest BCUT2D eigenvalue weighted by Gasteiger charge is -2.07. The molecule has 0 saturated heterocycles. The van der Waals surface area contributed by atoms with Crippen LogP contribution in [-0.2, 0) is 6.61 Å².